The molecule has 1 fully saturated rings. The van der Waals surface area contributed by atoms with Crippen LogP contribution < -0.4 is 10.2 Å². The molecule has 34 heavy (non-hydrogen) atoms. The highest BCUT2D eigenvalue weighted by atomic mass is 32.2. The van der Waals surface area contributed by atoms with Gasteiger partial charge in [-0.3, -0.25) is 9.59 Å². The third-order valence-electron chi connectivity index (χ3n) is 5.60. The predicted octanol–water partition coefficient (Wildman–Crippen LogP) is 4.08. The van der Waals surface area contributed by atoms with Crippen LogP contribution in [0.15, 0.2) is 58.2 Å². The van der Waals surface area contributed by atoms with Crippen LogP contribution in [0, 0.1) is 12.8 Å². The molecule has 0 aliphatic carbocycles. The molecule has 178 valence electrons. The Bertz CT molecular complexity index is 1140. The number of amides is 2. The van der Waals surface area contributed by atoms with Crippen LogP contribution >= 0.6 is 11.8 Å². The van der Waals surface area contributed by atoms with E-state index in [2.05, 4.69) is 20.4 Å². The van der Waals surface area contributed by atoms with Crippen molar-refractivity contribution >= 4 is 35.0 Å². The Labute approximate surface area is 203 Å². The number of carbonyl (C=O) groups excluding carboxylic acids is 2. The van der Waals surface area contributed by atoms with Crippen LogP contribution in [0.5, 0.6) is 0 Å². The molecular weight excluding hydrogens is 450 g/mol. The molecule has 8 nitrogen and oxygen atoms in total. The van der Waals surface area contributed by atoms with Crippen molar-refractivity contribution in [3.63, 3.8) is 0 Å². The number of aryl methyl sites for hydroxylation is 1. The lowest BCUT2D eigenvalue weighted by molar-refractivity contribution is -0.134. The number of aromatic nitrogens is 2. The van der Waals surface area contributed by atoms with E-state index in [4.69, 9.17) is 4.42 Å². The van der Waals surface area contributed by atoms with E-state index in [1.165, 1.54) is 11.8 Å². The molecule has 1 saturated heterocycles. The second-order valence-electron chi connectivity index (χ2n) is 8.59. The zero-order chi connectivity index (χ0) is 24.1. The Morgan fingerprint density at radius 2 is 1.79 bits per heavy atom. The summed E-state index contributed by atoms with van der Waals surface area (Å²) in [6.07, 6.45) is 0. The predicted molar refractivity (Wildman–Crippen MR) is 134 cm³/mol. The monoisotopic (exact) mass is 479 g/mol. The van der Waals surface area contributed by atoms with Gasteiger partial charge < -0.3 is 19.5 Å². The highest BCUT2D eigenvalue weighted by Crippen LogP contribution is 2.24. The van der Waals surface area contributed by atoms with Gasteiger partial charge in [0.25, 0.3) is 5.22 Å². The number of rotatable bonds is 7. The highest BCUT2D eigenvalue weighted by Gasteiger charge is 2.23. The Morgan fingerprint density at radius 1 is 1.06 bits per heavy atom. The fraction of sp³-hybridized carbons (Fsp3) is 0.360. The average molecular weight is 480 g/mol. The summed E-state index contributed by atoms with van der Waals surface area (Å²) in [4.78, 5) is 28.7. The van der Waals surface area contributed by atoms with Crippen LogP contribution in [0.2, 0.25) is 0 Å². The number of anilines is 2. The maximum Gasteiger partial charge on any atom is 0.277 e. The Morgan fingerprint density at radius 3 is 2.47 bits per heavy atom. The second kappa shape index (κ2) is 10.7. The molecule has 1 N–H and O–H groups in total. The molecule has 1 aromatic heterocycles. The fourth-order valence-electron chi connectivity index (χ4n) is 3.79. The van der Waals surface area contributed by atoms with Crippen molar-refractivity contribution < 1.29 is 14.0 Å². The third-order valence-corrected chi connectivity index (χ3v) is 6.42. The van der Waals surface area contributed by atoms with Gasteiger partial charge in [-0.05, 0) is 43.3 Å². The zero-order valence-electron chi connectivity index (χ0n) is 19.7. The van der Waals surface area contributed by atoms with Crippen LogP contribution in [-0.2, 0) is 9.59 Å². The van der Waals surface area contributed by atoms with Crippen LogP contribution in [-0.4, -0.2) is 58.8 Å². The van der Waals surface area contributed by atoms with Gasteiger partial charge in [0.2, 0.25) is 17.7 Å². The van der Waals surface area contributed by atoms with E-state index in [1.807, 2.05) is 74.2 Å². The Kier molecular flexibility index (Phi) is 7.52. The number of piperazine rings is 1. The van der Waals surface area contributed by atoms with Gasteiger partial charge in [0.1, 0.15) is 0 Å². The zero-order valence-corrected chi connectivity index (χ0v) is 20.5. The average Bonchev–Trinajstić information content (AvgIpc) is 3.32. The molecule has 2 amide bonds. The molecule has 2 aromatic carbocycles. The standard InChI is InChI=1S/C25H29N5O3S/c1-17(2)24(32)30-13-11-29(12-14-30)21-9-7-20(8-10-21)26-22(31)16-34-25-28-27-23(33-25)19-6-4-5-18(3)15-19/h4-10,15,17H,11-14,16H2,1-3H3,(H,26,31). The molecule has 4 rings (SSSR count). The Balaban J connectivity index is 1.25. The maximum atomic E-state index is 12.4. The van der Waals surface area contributed by atoms with Crippen molar-refractivity contribution in [3.8, 4) is 11.5 Å². The minimum atomic E-state index is -0.145. The normalized spacial score (nSPS) is 13.9. The van der Waals surface area contributed by atoms with Gasteiger partial charge in [-0.1, -0.05) is 43.3 Å². The molecule has 1 aliphatic heterocycles. The van der Waals surface area contributed by atoms with E-state index in [9.17, 15) is 9.59 Å². The largest absolute Gasteiger partial charge is 0.411 e. The fourth-order valence-corrected chi connectivity index (χ4v) is 4.36. The van der Waals surface area contributed by atoms with E-state index < -0.39 is 0 Å². The van der Waals surface area contributed by atoms with Crippen LogP contribution in [0.25, 0.3) is 11.5 Å². The molecule has 3 aromatic rings. The molecule has 1 aliphatic rings. The number of thioether (sulfide) groups is 1. The van der Waals surface area contributed by atoms with Gasteiger partial charge in [0, 0.05) is 49.0 Å². The summed E-state index contributed by atoms with van der Waals surface area (Å²) in [6, 6.07) is 15.6. The quantitative estimate of drug-likeness (QED) is 0.511. The molecule has 9 heteroatoms. The van der Waals surface area contributed by atoms with Crippen LogP contribution in [0.1, 0.15) is 19.4 Å². The summed E-state index contributed by atoms with van der Waals surface area (Å²) in [6.45, 7) is 8.94. The lowest BCUT2D eigenvalue weighted by Gasteiger charge is -2.37. The number of nitrogens with one attached hydrogen (secondary N) is 1. The van der Waals surface area contributed by atoms with Crippen molar-refractivity contribution in [2.75, 3.05) is 42.1 Å². The van der Waals surface area contributed by atoms with E-state index in [-0.39, 0.29) is 23.5 Å². The summed E-state index contributed by atoms with van der Waals surface area (Å²) in [5.74, 6) is 0.707. The first-order valence-corrected chi connectivity index (χ1v) is 12.3. The molecule has 0 saturated carbocycles. The van der Waals surface area contributed by atoms with Gasteiger partial charge in [-0.15, -0.1) is 10.2 Å². The van der Waals surface area contributed by atoms with Gasteiger partial charge in [0.05, 0.1) is 5.75 Å². The lowest BCUT2D eigenvalue weighted by Crippen LogP contribution is -2.49. The summed E-state index contributed by atoms with van der Waals surface area (Å²) in [7, 11) is 0. The lowest BCUT2D eigenvalue weighted by atomic mass is 10.1. The first-order chi connectivity index (χ1) is 16.4. The molecule has 2 heterocycles. The summed E-state index contributed by atoms with van der Waals surface area (Å²) >= 11 is 1.21. The summed E-state index contributed by atoms with van der Waals surface area (Å²) in [5.41, 5.74) is 3.78. The van der Waals surface area contributed by atoms with Crippen molar-refractivity contribution in [1.82, 2.24) is 15.1 Å². The van der Waals surface area contributed by atoms with Gasteiger partial charge in [-0.25, -0.2) is 0 Å². The van der Waals surface area contributed by atoms with E-state index in [0.29, 0.717) is 11.1 Å². The first kappa shape index (κ1) is 23.8. The SMILES string of the molecule is Cc1cccc(-c2nnc(SCC(=O)Nc3ccc(N4CCN(C(=O)C(C)C)CC4)cc3)o2)c1. The van der Waals surface area contributed by atoms with Crippen molar-refractivity contribution in [2.45, 2.75) is 26.0 Å². The summed E-state index contributed by atoms with van der Waals surface area (Å²) in [5, 5.41) is 11.4. The number of nitrogens with zero attached hydrogens (tertiary/aromatic N) is 4. The smallest absolute Gasteiger partial charge is 0.277 e. The topological polar surface area (TPSA) is 91.6 Å². The third kappa shape index (κ3) is 5.96. The molecule has 0 spiro atoms. The Hall–Kier alpha value is -3.33. The summed E-state index contributed by atoms with van der Waals surface area (Å²) < 4.78 is 5.67. The molecular formula is C25H29N5O3S. The minimum absolute atomic E-state index is 0.0302. The molecule has 0 unspecified atom stereocenters. The number of hydrogen-bond acceptors (Lipinski definition) is 7. The van der Waals surface area contributed by atoms with Crippen LogP contribution in [0.4, 0.5) is 11.4 Å². The first-order valence-electron chi connectivity index (χ1n) is 11.4. The van der Waals surface area contributed by atoms with Crippen molar-refractivity contribution in [1.29, 1.82) is 0 Å². The van der Waals surface area contributed by atoms with E-state index in [0.717, 1.165) is 48.7 Å². The minimum Gasteiger partial charge on any atom is -0.411 e. The van der Waals surface area contributed by atoms with Gasteiger partial charge in [-0.2, -0.15) is 0 Å². The van der Waals surface area contributed by atoms with Crippen molar-refractivity contribution in [3.05, 3.63) is 54.1 Å². The van der Waals surface area contributed by atoms with E-state index in [1.54, 1.807) is 0 Å². The molecule has 0 bridgehead atoms. The maximum absolute atomic E-state index is 12.4. The molecule has 0 atom stereocenters. The number of hydrogen-bond donors (Lipinski definition) is 1. The van der Waals surface area contributed by atoms with Crippen molar-refractivity contribution in [2.24, 2.45) is 5.92 Å². The van der Waals surface area contributed by atoms with Gasteiger partial charge in [0.15, 0.2) is 0 Å². The number of carbonyl (C=O) groups is 2. The van der Waals surface area contributed by atoms with Gasteiger partial charge >= 0.3 is 0 Å². The van der Waals surface area contributed by atoms with Crippen LogP contribution in [0.3, 0.4) is 0 Å². The molecule has 0 radical (unpaired) electrons. The second-order valence-corrected chi connectivity index (χ2v) is 9.52. The number of benzene rings is 2. The van der Waals surface area contributed by atoms with E-state index >= 15 is 0 Å². The highest BCUT2D eigenvalue weighted by molar-refractivity contribution is 7.99.